The second-order valence-electron chi connectivity index (χ2n) is 4.30. The molecule has 0 atom stereocenters. The van der Waals surface area contributed by atoms with E-state index in [4.69, 9.17) is 5.26 Å². The molecule has 0 saturated heterocycles. The minimum atomic E-state index is -0.533. The zero-order valence-electron chi connectivity index (χ0n) is 11.8. The Morgan fingerprint density at radius 2 is 2.24 bits per heavy atom. The van der Waals surface area contributed by atoms with E-state index in [9.17, 15) is 9.90 Å². The van der Waals surface area contributed by atoms with Crippen LogP contribution in [0.1, 0.15) is 28.6 Å². The Hall–Kier alpha value is -2.53. The topological polar surface area (TPSA) is 104 Å². The highest BCUT2D eigenvalue weighted by Gasteiger charge is 2.15. The van der Waals surface area contributed by atoms with Gasteiger partial charge in [0.05, 0.1) is 5.56 Å². The van der Waals surface area contributed by atoms with Gasteiger partial charge in [0.15, 0.2) is 0 Å². The van der Waals surface area contributed by atoms with Crippen LogP contribution in [0, 0.1) is 18.3 Å². The SMILES string of the molecule is CCc1nnc(N=Cc2c(C)c(C#N)c(=O)n(C)c2O)s1. The molecule has 0 amide bonds. The Kier molecular flexibility index (Phi) is 4.14. The maximum absolute atomic E-state index is 11.8. The van der Waals surface area contributed by atoms with Crippen LogP contribution in [0.25, 0.3) is 0 Å². The van der Waals surface area contributed by atoms with Gasteiger partial charge < -0.3 is 5.11 Å². The molecule has 7 nitrogen and oxygen atoms in total. The summed E-state index contributed by atoms with van der Waals surface area (Å²) < 4.78 is 1.02. The van der Waals surface area contributed by atoms with Crippen molar-refractivity contribution >= 4 is 22.7 Å². The Labute approximate surface area is 124 Å². The molecule has 0 aliphatic carbocycles. The molecule has 0 fully saturated rings. The maximum atomic E-state index is 11.8. The van der Waals surface area contributed by atoms with Gasteiger partial charge in [-0.15, -0.1) is 10.2 Å². The summed E-state index contributed by atoms with van der Waals surface area (Å²) in [5.41, 5.74) is 0.168. The standard InChI is InChI=1S/C13H13N5O2S/c1-4-10-16-17-13(21-10)15-6-9-7(2)8(5-14)11(19)18(3)12(9)20/h6,20H,4H2,1-3H3. The van der Waals surface area contributed by atoms with Crippen molar-refractivity contribution in [1.29, 1.82) is 5.26 Å². The van der Waals surface area contributed by atoms with Crippen LogP contribution in [0.4, 0.5) is 5.13 Å². The van der Waals surface area contributed by atoms with Gasteiger partial charge in [0, 0.05) is 13.3 Å². The predicted molar refractivity (Wildman–Crippen MR) is 79.3 cm³/mol. The van der Waals surface area contributed by atoms with Gasteiger partial charge in [0.1, 0.15) is 16.6 Å². The van der Waals surface area contributed by atoms with Crippen LogP contribution >= 0.6 is 11.3 Å². The summed E-state index contributed by atoms with van der Waals surface area (Å²) in [5.74, 6) is -0.236. The molecule has 2 rings (SSSR count). The fourth-order valence-electron chi connectivity index (χ4n) is 1.75. The summed E-state index contributed by atoms with van der Waals surface area (Å²) in [6.45, 7) is 3.56. The van der Waals surface area contributed by atoms with Crippen molar-refractivity contribution in [3.05, 3.63) is 32.1 Å². The smallest absolute Gasteiger partial charge is 0.271 e. The molecule has 0 aromatic carbocycles. The summed E-state index contributed by atoms with van der Waals surface area (Å²) in [7, 11) is 1.40. The van der Waals surface area contributed by atoms with Crippen molar-refractivity contribution in [2.75, 3.05) is 0 Å². The lowest BCUT2D eigenvalue weighted by Gasteiger charge is -2.09. The van der Waals surface area contributed by atoms with Gasteiger partial charge in [-0.2, -0.15) is 5.26 Å². The summed E-state index contributed by atoms with van der Waals surface area (Å²) >= 11 is 1.35. The molecule has 8 heteroatoms. The number of aromatic nitrogens is 3. The minimum Gasteiger partial charge on any atom is -0.494 e. The van der Waals surface area contributed by atoms with E-state index in [1.807, 2.05) is 13.0 Å². The summed E-state index contributed by atoms with van der Waals surface area (Å²) in [6, 6.07) is 1.85. The molecule has 0 saturated carbocycles. The molecule has 2 aromatic heterocycles. The van der Waals surface area contributed by atoms with Gasteiger partial charge in [0.2, 0.25) is 11.0 Å². The number of hydrogen-bond donors (Lipinski definition) is 1. The largest absolute Gasteiger partial charge is 0.494 e. The lowest BCUT2D eigenvalue weighted by atomic mass is 10.1. The van der Waals surface area contributed by atoms with Crippen molar-refractivity contribution in [2.45, 2.75) is 20.3 Å². The Balaban J connectivity index is 2.52. The van der Waals surface area contributed by atoms with Gasteiger partial charge in [-0.3, -0.25) is 9.36 Å². The third kappa shape index (κ3) is 2.68. The summed E-state index contributed by atoms with van der Waals surface area (Å²) in [4.78, 5) is 16.0. The van der Waals surface area contributed by atoms with Gasteiger partial charge in [-0.1, -0.05) is 18.3 Å². The van der Waals surface area contributed by atoms with Gasteiger partial charge in [-0.05, 0) is 18.9 Å². The summed E-state index contributed by atoms with van der Waals surface area (Å²) in [5, 5.41) is 28.2. The number of aliphatic imine (C=N–C) groups is 1. The monoisotopic (exact) mass is 303 g/mol. The van der Waals surface area contributed by atoms with E-state index < -0.39 is 5.56 Å². The molecule has 0 aliphatic heterocycles. The third-order valence-corrected chi connectivity index (χ3v) is 4.01. The number of nitriles is 1. The fraction of sp³-hybridized carbons (Fsp3) is 0.308. The molecule has 0 radical (unpaired) electrons. The van der Waals surface area contributed by atoms with Crippen LogP contribution in [0.15, 0.2) is 9.79 Å². The minimum absolute atomic E-state index is 0.0109. The first kappa shape index (κ1) is 14.9. The van der Waals surface area contributed by atoms with E-state index in [2.05, 4.69) is 15.2 Å². The van der Waals surface area contributed by atoms with Gasteiger partial charge >= 0.3 is 0 Å². The molecule has 0 aliphatic rings. The third-order valence-electron chi connectivity index (χ3n) is 3.03. The number of hydrogen-bond acceptors (Lipinski definition) is 7. The van der Waals surface area contributed by atoms with Crippen molar-refractivity contribution in [3.63, 3.8) is 0 Å². The van der Waals surface area contributed by atoms with Crippen molar-refractivity contribution in [2.24, 2.45) is 12.0 Å². The van der Waals surface area contributed by atoms with Gasteiger partial charge in [-0.25, -0.2) is 4.99 Å². The highest BCUT2D eigenvalue weighted by atomic mass is 32.1. The molecular weight excluding hydrogens is 290 g/mol. The molecule has 1 N–H and O–H groups in total. The van der Waals surface area contributed by atoms with Crippen molar-refractivity contribution in [3.8, 4) is 11.9 Å². The molecular formula is C13H13N5O2S. The van der Waals surface area contributed by atoms with E-state index in [0.29, 0.717) is 16.3 Å². The normalized spacial score (nSPS) is 11.0. The van der Waals surface area contributed by atoms with Crippen LogP contribution in [0.3, 0.4) is 0 Å². The Bertz CT molecular complexity index is 813. The average Bonchev–Trinajstić information content (AvgIpc) is 2.93. The first-order valence-corrected chi connectivity index (χ1v) is 7.00. The van der Waals surface area contributed by atoms with E-state index in [1.165, 1.54) is 24.6 Å². The highest BCUT2D eigenvalue weighted by molar-refractivity contribution is 7.14. The van der Waals surface area contributed by atoms with Crippen LogP contribution in [-0.4, -0.2) is 26.1 Å². The van der Waals surface area contributed by atoms with E-state index in [-0.39, 0.29) is 11.4 Å². The van der Waals surface area contributed by atoms with E-state index in [0.717, 1.165) is 16.0 Å². The molecule has 2 heterocycles. The summed E-state index contributed by atoms with van der Waals surface area (Å²) in [6.07, 6.45) is 2.17. The number of aryl methyl sites for hydroxylation is 1. The number of nitrogens with zero attached hydrogens (tertiary/aromatic N) is 5. The highest BCUT2D eigenvalue weighted by Crippen LogP contribution is 2.22. The van der Waals surface area contributed by atoms with Crippen LogP contribution in [-0.2, 0) is 13.5 Å². The van der Waals surface area contributed by atoms with Crippen LogP contribution in [0.2, 0.25) is 0 Å². The lowest BCUT2D eigenvalue weighted by molar-refractivity contribution is 0.421. The Morgan fingerprint density at radius 1 is 1.52 bits per heavy atom. The molecule has 21 heavy (non-hydrogen) atoms. The quantitative estimate of drug-likeness (QED) is 0.864. The molecule has 0 unspecified atom stereocenters. The van der Waals surface area contributed by atoms with Crippen LogP contribution < -0.4 is 5.56 Å². The molecule has 108 valence electrons. The average molecular weight is 303 g/mol. The van der Waals surface area contributed by atoms with Crippen molar-refractivity contribution in [1.82, 2.24) is 14.8 Å². The molecule has 0 bridgehead atoms. The van der Waals surface area contributed by atoms with E-state index >= 15 is 0 Å². The molecule has 0 spiro atoms. The maximum Gasteiger partial charge on any atom is 0.271 e. The van der Waals surface area contributed by atoms with Crippen molar-refractivity contribution < 1.29 is 5.11 Å². The number of rotatable bonds is 3. The van der Waals surface area contributed by atoms with Gasteiger partial charge in [0.25, 0.3) is 5.56 Å². The predicted octanol–water partition coefficient (Wildman–Crippen LogP) is 1.44. The first-order chi connectivity index (χ1) is 9.99. The number of aromatic hydroxyl groups is 1. The second-order valence-corrected chi connectivity index (χ2v) is 5.34. The molecule has 2 aromatic rings. The fourth-order valence-corrected chi connectivity index (χ4v) is 2.38. The van der Waals surface area contributed by atoms with E-state index in [1.54, 1.807) is 6.92 Å². The lowest BCUT2D eigenvalue weighted by Crippen LogP contribution is -2.22. The zero-order chi connectivity index (χ0) is 15.6. The second kappa shape index (κ2) is 5.85. The number of pyridine rings is 1. The first-order valence-electron chi connectivity index (χ1n) is 6.18. The van der Waals surface area contributed by atoms with Crippen LogP contribution in [0.5, 0.6) is 5.88 Å². The Morgan fingerprint density at radius 3 is 2.81 bits per heavy atom. The zero-order valence-corrected chi connectivity index (χ0v) is 12.6.